The maximum absolute atomic E-state index is 14.1. The van der Waals surface area contributed by atoms with Crippen molar-refractivity contribution in [1.29, 1.82) is 0 Å². The molecule has 0 unspecified atom stereocenters. The monoisotopic (exact) mass is 450 g/mol. The molecular formula is C24H23FN4O4. The average Bonchev–Trinajstić information content (AvgIpc) is 3.43. The van der Waals surface area contributed by atoms with Gasteiger partial charge in [0.25, 0.3) is 0 Å². The van der Waals surface area contributed by atoms with Crippen molar-refractivity contribution in [2.75, 3.05) is 7.05 Å². The molecule has 170 valence electrons. The highest BCUT2D eigenvalue weighted by Gasteiger charge is 2.54. The minimum atomic E-state index is -1.50. The minimum Gasteiger partial charge on any atom is -0.364 e. The number of aromatic nitrogens is 2. The highest BCUT2D eigenvalue weighted by Crippen LogP contribution is 2.41. The smallest absolute Gasteiger partial charge is 0.241 e. The van der Waals surface area contributed by atoms with Crippen molar-refractivity contribution in [3.05, 3.63) is 83.8 Å². The van der Waals surface area contributed by atoms with Crippen LogP contribution in [0.4, 0.5) is 4.39 Å². The van der Waals surface area contributed by atoms with Crippen LogP contribution in [0.5, 0.6) is 0 Å². The fraction of sp³-hybridized carbons (Fsp3) is 0.292. The van der Waals surface area contributed by atoms with Gasteiger partial charge < -0.3 is 9.42 Å². The number of benzene rings is 1. The third-order valence-electron chi connectivity index (χ3n) is 6.16. The van der Waals surface area contributed by atoms with Crippen molar-refractivity contribution in [2.45, 2.75) is 37.8 Å². The Morgan fingerprint density at radius 1 is 1.27 bits per heavy atom. The summed E-state index contributed by atoms with van der Waals surface area (Å²) < 4.78 is 19.0. The molecule has 2 aromatic heterocycles. The van der Waals surface area contributed by atoms with Gasteiger partial charge in [-0.25, -0.2) is 4.39 Å². The lowest BCUT2D eigenvalue weighted by Crippen LogP contribution is -2.43. The SMILES string of the molecule is C[C@@H](c1ccon1)N(C)C(=O)C[C@@]1(c2cccc(F)c2)CC(=O)N(Cc2cccnc2)C1=O. The second kappa shape index (κ2) is 8.93. The van der Waals surface area contributed by atoms with Gasteiger partial charge in [-0.05, 0) is 36.2 Å². The van der Waals surface area contributed by atoms with E-state index >= 15 is 0 Å². The van der Waals surface area contributed by atoms with Crippen LogP contribution >= 0.6 is 0 Å². The molecule has 3 heterocycles. The lowest BCUT2D eigenvalue weighted by Gasteiger charge is -2.31. The van der Waals surface area contributed by atoms with Gasteiger partial charge >= 0.3 is 0 Å². The van der Waals surface area contributed by atoms with E-state index in [1.54, 1.807) is 50.6 Å². The van der Waals surface area contributed by atoms with E-state index in [0.29, 0.717) is 16.8 Å². The molecule has 0 bridgehead atoms. The molecule has 0 saturated carbocycles. The molecule has 1 aliphatic rings. The van der Waals surface area contributed by atoms with Gasteiger partial charge in [-0.2, -0.15) is 0 Å². The number of carbonyl (C=O) groups is 3. The number of hydrogen-bond donors (Lipinski definition) is 0. The van der Waals surface area contributed by atoms with Crippen molar-refractivity contribution in [1.82, 2.24) is 19.9 Å². The summed E-state index contributed by atoms with van der Waals surface area (Å²) in [6.45, 7) is 1.81. The first kappa shape index (κ1) is 22.3. The molecule has 33 heavy (non-hydrogen) atoms. The molecule has 1 fully saturated rings. The molecule has 3 amide bonds. The summed E-state index contributed by atoms with van der Waals surface area (Å²) in [5.74, 6) is -1.88. The van der Waals surface area contributed by atoms with Gasteiger partial charge in [-0.3, -0.25) is 24.3 Å². The number of imide groups is 1. The standard InChI is InChI=1S/C24H23FN4O4/c1-16(20-8-10-33-27-20)28(2)21(30)12-24(18-6-3-7-19(25)11-18)13-22(31)29(23(24)32)15-17-5-4-9-26-14-17/h3-11,14,16H,12-13,15H2,1-2H3/t16-,24-/m0/s1. The first-order chi connectivity index (χ1) is 15.8. The third-order valence-corrected chi connectivity index (χ3v) is 6.16. The fourth-order valence-corrected chi connectivity index (χ4v) is 4.12. The number of rotatable bonds is 7. The second-order valence-electron chi connectivity index (χ2n) is 8.20. The average molecular weight is 450 g/mol. The lowest BCUT2D eigenvalue weighted by atomic mass is 9.75. The van der Waals surface area contributed by atoms with E-state index in [2.05, 4.69) is 10.1 Å². The van der Waals surface area contributed by atoms with E-state index in [4.69, 9.17) is 4.52 Å². The van der Waals surface area contributed by atoms with Crippen molar-refractivity contribution < 1.29 is 23.3 Å². The van der Waals surface area contributed by atoms with Crippen LogP contribution in [0.3, 0.4) is 0 Å². The molecule has 9 heteroatoms. The Morgan fingerprint density at radius 3 is 2.76 bits per heavy atom. The van der Waals surface area contributed by atoms with Gasteiger partial charge in [0.1, 0.15) is 17.8 Å². The van der Waals surface area contributed by atoms with Crippen molar-refractivity contribution in [3.8, 4) is 0 Å². The Balaban J connectivity index is 1.67. The van der Waals surface area contributed by atoms with Crippen LogP contribution in [-0.4, -0.2) is 44.7 Å². The lowest BCUT2D eigenvalue weighted by molar-refractivity contribution is -0.143. The zero-order valence-corrected chi connectivity index (χ0v) is 18.3. The normalized spacial score (nSPS) is 19.1. The molecule has 0 spiro atoms. The van der Waals surface area contributed by atoms with Gasteiger partial charge in [0.2, 0.25) is 17.7 Å². The second-order valence-corrected chi connectivity index (χ2v) is 8.20. The summed E-state index contributed by atoms with van der Waals surface area (Å²) >= 11 is 0. The number of amides is 3. The summed E-state index contributed by atoms with van der Waals surface area (Å²) in [6, 6.07) is 10.2. The zero-order valence-electron chi connectivity index (χ0n) is 18.3. The van der Waals surface area contributed by atoms with Crippen LogP contribution in [0.2, 0.25) is 0 Å². The number of likely N-dealkylation sites (tertiary alicyclic amines) is 1. The van der Waals surface area contributed by atoms with Crippen LogP contribution in [0.15, 0.2) is 65.6 Å². The summed E-state index contributed by atoms with van der Waals surface area (Å²) in [7, 11) is 1.59. The summed E-state index contributed by atoms with van der Waals surface area (Å²) in [5, 5.41) is 3.87. The van der Waals surface area contributed by atoms with Gasteiger partial charge in [0.15, 0.2) is 0 Å². The summed E-state index contributed by atoms with van der Waals surface area (Å²) in [5.41, 5.74) is 0.0245. The largest absolute Gasteiger partial charge is 0.364 e. The first-order valence-electron chi connectivity index (χ1n) is 10.5. The number of carbonyl (C=O) groups excluding carboxylic acids is 3. The maximum Gasteiger partial charge on any atom is 0.241 e. The molecule has 0 radical (unpaired) electrons. The number of pyridine rings is 1. The van der Waals surface area contributed by atoms with E-state index < -0.39 is 29.1 Å². The Morgan fingerprint density at radius 2 is 2.09 bits per heavy atom. The van der Waals surface area contributed by atoms with E-state index in [1.807, 2.05) is 0 Å². The van der Waals surface area contributed by atoms with Gasteiger partial charge in [0, 0.05) is 38.3 Å². The van der Waals surface area contributed by atoms with Gasteiger partial charge in [-0.15, -0.1) is 0 Å². The minimum absolute atomic E-state index is 0.0297. The number of nitrogens with zero attached hydrogens (tertiary/aromatic N) is 4. The predicted octanol–water partition coefficient (Wildman–Crippen LogP) is 3.02. The Hall–Kier alpha value is -3.88. The summed E-state index contributed by atoms with van der Waals surface area (Å²) in [4.78, 5) is 46.5. The van der Waals surface area contributed by atoms with Gasteiger partial charge in [-0.1, -0.05) is 23.4 Å². The molecule has 4 rings (SSSR count). The maximum atomic E-state index is 14.1. The first-order valence-corrected chi connectivity index (χ1v) is 10.5. The molecule has 0 N–H and O–H groups in total. The Labute approximate surface area is 190 Å². The molecule has 8 nitrogen and oxygen atoms in total. The van der Waals surface area contributed by atoms with Crippen LogP contribution in [0.25, 0.3) is 0 Å². The Bertz CT molecular complexity index is 1170. The van der Waals surface area contributed by atoms with Gasteiger partial charge in [0.05, 0.1) is 18.0 Å². The molecule has 1 saturated heterocycles. The highest BCUT2D eigenvalue weighted by molar-refractivity contribution is 6.10. The highest BCUT2D eigenvalue weighted by atomic mass is 19.1. The van der Waals surface area contributed by atoms with E-state index in [1.165, 1.54) is 29.4 Å². The van der Waals surface area contributed by atoms with Crippen molar-refractivity contribution in [2.24, 2.45) is 0 Å². The number of halogens is 1. The molecule has 3 aromatic rings. The topological polar surface area (TPSA) is 96.6 Å². The predicted molar refractivity (Wildman–Crippen MR) is 115 cm³/mol. The van der Waals surface area contributed by atoms with E-state index in [9.17, 15) is 18.8 Å². The number of hydrogen-bond acceptors (Lipinski definition) is 6. The van der Waals surface area contributed by atoms with Crippen molar-refractivity contribution >= 4 is 17.7 Å². The van der Waals surface area contributed by atoms with Crippen LogP contribution in [0, 0.1) is 5.82 Å². The molecule has 1 aliphatic heterocycles. The molecule has 2 atom stereocenters. The fourth-order valence-electron chi connectivity index (χ4n) is 4.12. The van der Waals surface area contributed by atoms with E-state index in [-0.39, 0.29) is 25.3 Å². The Kier molecular flexibility index (Phi) is 6.04. The third kappa shape index (κ3) is 4.26. The zero-order chi connectivity index (χ0) is 23.6. The molecule has 0 aliphatic carbocycles. The van der Waals surface area contributed by atoms with Crippen LogP contribution < -0.4 is 0 Å². The van der Waals surface area contributed by atoms with Crippen LogP contribution in [-0.2, 0) is 26.3 Å². The van der Waals surface area contributed by atoms with Crippen LogP contribution in [0.1, 0.15) is 42.6 Å². The quantitative estimate of drug-likeness (QED) is 0.514. The molecule has 1 aromatic carbocycles. The summed E-state index contributed by atoms with van der Waals surface area (Å²) in [6.07, 6.45) is 4.06. The molecular weight excluding hydrogens is 427 g/mol. The van der Waals surface area contributed by atoms with E-state index in [0.717, 1.165) is 4.90 Å². The van der Waals surface area contributed by atoms with Crippen molar-refractivity contribution in [3.63, 3.8) is 0 Å².